The van der Waals surface area contributed by atoms with E-state index in [9.17, 15) is 14.9 Å². The summed E-state index contributed by atoms with van der Waals surface area (Å²) < 4.78 is 11.1. The molecule has 0 spiro atoms. The van der Waals surface area contributed by atoms with Crippen molar-refractivity contribution in [2.45, 2.75) is 13.5 Å². The summed E-state index contributed by atoms with van der Waals surface area (Å²) in [4.78, 5) is 26.7. The van der Waals surface area contributed by atoms with Crippen LogP contribution in [0.1, 0.15) is 18.4 Å². The third-order valence-electron chi connectivity index (χ3n) is 4.85. The first-order chi connectivity index (χ1) is 14.9. The van der Waals surface area contributed by atoms with Gasteiger partial charge in [-0.05, 0) is 55.0 Å². The molecule has 8 heteroatoms. The SMILES string of the molecule is CC1=C(C#N)C(=O)N(Cc2ccco2)C(=O)/C1=C/c1ccc(-c2cccc(Cl)c2Cl)o1. The zero-order chi connectivity index (χ0) is 22.1. The molecule has 1 aliphatic heterocycles. The minimum absolute atomic E-state index is 0.0814. The molecule has 154 valence electrons. The molecule has 3 aromatic rings. The number of furan rings is 2. The normalized spacial score (nSPS) is 15.7. The molecule has 0 saturated heterocycles. The summed E-state index contributed by atoms with van der Waals surface area (Å²) in [5.41, 5.74) is 0.961. The highest BCUT2D eigenvalue weighted by Crippen LogP contribution is 2.35. The zero-order valence-corrected chi connectivity index (χ0v) is 17.7. The fourth-order valence-corrected chi connectivity index (χ4v) is 3.64. The summed E-state index contributed by atoms with van der Waals surface area (Å²) in [6, 6.07) is 13.7. The molecule has 0 unspecified atom stereocenters. The molecule has 2 aromatic heterocycles. The number of carbonyl (C=O) groups is 2. The van der Waals surface area contributed by atoms with Gasteiger partial charge in [0.2, 0.25) is 0 Å². The molecule has 0 atom stereocenters. The van der Waals surface area contributed by atoms with Crippen LogP contribution in [0.4, 0.5) is 0 Å². The van der Waals surface area contributed by atoms with Crippen molar-refractivity contribution >= 4 is 41.1 Å². The van der Waals surface area contributed by atoms with E-state index in [1.807, 2.05) is 6.07 Å². The predicted molar refractivity (Wildman–Crippen MR) is 115 cm³/mol. The van der Waals surface area contributed by atoms with E-state index < -0.39 is 11.8 Å². The maximum atomic E-state index is 13.1. The van der Waals surface area contributed by atoms with E-state index in [-0.39, 0.29) is 23.3 Å². The Balaban J connectivity index is 1.74. The lowest BCUT2D eigenvalue weighted by Gasteiger charge is -2.26. The van der Waals surface area contributed by atoms with E-state index >= 15 is 0 Å². The number of rotatable bonds is 4. The Hall–Kier alpha value is -3.53. The molecule has 0 radical (unpaired) electrons. The molecular weight excluding hydrogens is 439 g/mol. The smallest absolute Gasteiger partial charge is 0.272 e. The fraction of sp³-hybridized carbons (Fsp3) is 0.0870. The van der Waals surface area contributed by atoms with E-state index in [0.717, 1.165) is 4.90 Å². The summed E-state index contributed by atoms with van der Waals surface area (Å²) >= 11 is 12.3. The van der Waals surface area contributed by atoms with Gasteiger partial charge in [0.1, 0.15) is 28.9 Å². The average molecular weight is 453 g/mol. The summed E-state index contributed by atoms with van der Waals surface area (Å²) in [6.07, 6.45) is 2.95. The minimum Gasteiger partial charge on any atom is -0.467 e. The topological polar surface area (TPSA) is 87.5 Å². The highest BCUT2D eigenvalue weighted by atomic mass is 35.5. The maximum Gasteiger partial charge on any atom is 0.272 e. The first-order valence-electron chi connectivity index (χ1n) is 9.16. The van der Waals surface area contributed by atoms with Crippen molar-refractivity contribution in [3.8, 4) is 17.4 Å². The molecule has 4 rings (SSSR count). The first-order valence-corrected chi connectivity index (χ1v) is 9.92. The monoisotopic (exact) mass is 452 g/mol. The number of nitriles is 1. The van der Waals surface area contributed by atoms with Gasteiger partial charge in [-0.1, -0.05) is 29.3 Å². The van der Waals surface area contributed by atoms with Gasteiger partial charge in [0.15, 0.2) is 0 Å². The number of imide groups is 1. The Morgan fingerprint density at radius 1 is 1.10 bits per heavy atom. The Kier molecular flexibility index (Phi) is 5.55. The molecule has 31 heavy (non-hydrogen) atoms. The average Bonchev–Trinajstić information content (AvgIpc) is 3.43. The molecule has 0 fully saturated rings. The van der Waals surface area contributed by atoms with Crippen molar-refractivity contribution in [1.82, 2.24) is 4.90 Å². The van der Waals surface area contributed by atoms with Gasteiger partial charge in [0.25, 0.3) is 11.8 Å². The van der Waals surface area contributed by atoms with Crippen molar-refractivity contribution < 1.29 is 18.4 Å². The van der Waals surface area contributed by atoms with Crippen LogP contribution >= 0.6 is 23.2 Å². The second-order valence-electron chi connectivity index (χ2n) is 6.75. The van der Waals surface area contributed by atoms with Gasteiger partial charge in [-0.2, -0.15) is 5.26 Å². The number of nitrogens with zero attached hydrogens (tertiary/aromatic N) is 2. The third-order valence-corrected chi connectivity index (χ3v) is 5.67. The van der Waals surface area contributed by atoms with E-state index in [4.69, 9.17) is 32.0 Å². The molecule has 0 bridgehead atoms. The van der Waals surface area contributed by atoms with Crippen LogP contribution in [0.3, 0.4) is 0 Å². The molecule has 3 heterocycles. The number of benzene rings is 1. The standard InChI is InChI=1S/C23H14Cl2N2O4/c1-13-17(10-14-7-8-20(31-14)16-5-2-6-19(24)21(16)25)22(28)27(23(29)18(13)11-26)12-15-4-3-9-30-15/h2-10H,12H2,1H3/b17-10+. The summed E-state index contributed by atoms with van der Waals surface area (Å²) in [5, 5.41) is 10.2. The van der Waals surface area contributed by atoms with Crippen LogP contribution in [-0.4, -0.2) is 16.7 Å². The Bertz CT molecular complexity index is 1290. The molecule has 2 amide bonds. The largest absolute Gasteiger partial charge is 0.467 e. The van der Waals surface area contributed by atoms with Crippen LogP contribution in [0.15, 0.2) is 74.3 Å². The molecule has 1 aromatic carbocycles. The predicted octanol–water partition coefficient (Wildman–Crippen LogP) is 5.64. The molecule has 0 aliphatic carbocycles. The first kappa shape index (κ1) is 20.7. The lowest BCUT2D eigenvalue weighted by atomic mass is 9.94. The van der Waals surface area contributed by atoms with Crippen LogP contribution in [0, 0.1) is 11.3 Å². The van der Waals surface area contributed by atoms with Crippen molar-refractivity contribution in [2.75, 3.05) is 0 Å². The van der Waals surface area contributed by atoms with Gasteiger partial charge in [-0.25, -0.2) is 0 Å². The zero-order valence-electron chi connectivity index (χ0n) is 16.2. The van der Waals surface area contributed by atoms with Crippen molar-refractivity contribution in [2.24, 2.45) is 0 Å². The van der Waals surface area contributed by atoms with E-state index in [0.29, 0.717) is 32.9 Å². The number of carbonyl (C=O) groups excluding carboxylic acids is 2. The van der Waals surface area contributed by atoms with Gasteiger partial charge in [-0.15, -0.1) is 0 Å². The third kappa shape index (κ3) is 3.81. The van der Waals surface area contributed by atoms with Crippen molar-refractivity contribution in [1.29, 1.82) is 5.26 Å². The van der Waals surface area contributed by atoms with Gasteiger partial charge >= 0.3 is 0 Å². The molecule has 0 N–H and O–H groups in total. The lowest BCUT2D eigenvalue weighted by Crippen LogP contribution is -2.42. The van der Waals surface area contributed by atoms with Crippen LogP contribution in [-0.2, 0) is 16.1 Å². The van der Waals surface area contributed by atoms with Crippen LogP contribution in [0.25, 0.3) is 17.4 Å². The molecule has 1 aliphatic rings. The number of halogens is 2. The van der Waals surface area contributed by atoms with Gasteiger partial charge in [0.05, 0.1) is 22.9 Å². The highest BCUT2D eigenvalue weighted by Gasteiger charge is 2.36. The second-order valence-corrected chi connectivity index (χ2v) is 7.53. The van der Waals surface area contributed by atoms with E-state index in [1.54, 1.807) is 49.4 Å². The lowest BCUT2D eigenvalue weighted by molar-refractivity contribution is -0.141. The Morgan fingerprint density at radius 2 is 1.90 bits per heavy atom. The number of hydrogen-bond donors (Lipinski definition) is 0. The second kappa shape index (κ2) is 8.31. The Morgan fingerprint density at radius 3 is 2.61 bits per heavy atom. The summed E-state index contributed by atoms with van der Waals surface area (Å²) in [7, 11) is 0. The highest BCUT2D eigenvalue weighted by molar-refractivity contribution is 6.43. The van der Waals surface area contributed by atoms with E-state index in [2.05, 4.69) is 0 Å². The van der Waals surface area contributed by atoms with Crippen molar-refractivity contribution in [3.05, 3.63) is 87.0 Å². The van der Waals surface area contributed by atoms with Crippen molar-refractivity contribution in [3.63, 3.8) is 0 Å². The number of hydrogen-bond acceptors (Lipinski definition) is 5. The van der Waals surface area contributed by atoms with Crippen LogP contribution in [0.2, 0.25) is 10.0 Å². The molecule has 6 nitrogen and oxygen atoms in total. The maximum absolute atomic E-state index is 13.1. The van der Waals surface area contributed by atoms with E-state index in [1.165, 1.54) is 12.3 Å². The quantitative estimate of drug-likeness (QED) is 0.377. The summed E-state index contributed by atoms with van der Waals surface area (Å²) in [6.45, 7) is 1.48. The van der Waals surface area contributed by atoms with Crippen LogP contribution in [0.5, 0.6) is 0 Å². The van der Waals surface area contributed by atoms with Crippen LogP contribution < -0.4 is 0 Å². The Labute approximate surface area is 187 Å². The molecular formula is C23H14Cl2N2O4. The van der Waals surface area contributed by atoms with Gasteiger partial charge in [0, 0.05) is 11.1 Å². The number of amides is 2. The van der Waals surface area contributed by atoms with Gasteiger partial charge < -0.3 is 8.83 Å². The summed E-state index contributed by atoms with van der Waals surface area (Å²) in [5.74, 6) is 0.0430. The fourth-order valence-electron chi connectivity index (χ4n) is 3.24. The van der Waals surface area contributed by atoms with Gasteiger partial charge in [-0.3, -0.25) is 14.5 Å². The molecule has 0 saturated carbocycles. The minimum atomic E-state index is -0.663.